The lowest BCUT2D eigenvalue weighted by molar-refractivity contribution is -0.112. The van der Waals surface area contributed by atoms with Gasteiger partial charge < -0.3 is 0 Å². The molecular formula is C16H15NO. The Morgan fingerprint density at radius 3 is 2.22 bits per heavy atom. The Hall–Kier alpha value is -2.22. The molecule has 18 heavy (non-hydrogen) atoms. The quantitative estimate of drug-likeness (QED) is 0.751. The minimum atomic E-state index is 0.0324. The molecule has 2 heteroatoms. The number of carbonyl (C=O) groups excluding carboxylic acids is 1. The van der Waals surface area contributed by atoms with Crippen LogP contribution >= 0.6 is 0 Å². The van der Waals surface area contributed by atoms with Gasteiger partial charge in [-0.2, -0.15) is 0 Å². The smallest absolute Gasteiger partial charge is 0.177 e. The van der Waals surface area contributed by atoms with Gasteiger partial charge >= 0.3 is 0 Å². The standard InChI is InChI=1S/C16H15NO/c1-17-12-16(18)11-13-7-9-15(10-8-13)14-5-3-2-4-6-14/h2-10,12H,11H2,1H3. The van der Waals surface area contributed by atoms with Gasteiger partial charge in [-0.3, -0.25) is 9.79 Å². The van der Waals surface area contributed by atoms with Gasteiger partial charge in [-0.05, 0) is 16.7 Å². The number of carbonyl (C=O) groups is 1. The van der Waals surface area contributed by atoms with Crippen molar-refractivity contribution in [3.05, 3.63) is 60.2 Å². The van der Waals surface area contributed by atoms with Crippen LogP contribution in [0.25, 0.3) is 11.1 Å². The lowest BCUT2D eigenvalue weighted by Gasteiger charge is -2.03. The molecule has 0 heterocycles. The van der Waals surface area contributed by atoms with Crippen LogP contribution in [0.3, 0.4) is 0 Å². The maximum atomic E-state index is 11.4. The molecular weight excluding hydrogens is 222 g/mol. The zero-order chi connectivity index (χ0) is 12.8. The van der Waals surface area contributed by atoms with Crippen molar-refractivity contribution in [3.8, 4) is 11.1 Å². The van der Waals surface area contributed by atoms with E-state index in [4.69, 9.17) is 0 Å². The molecule has 0 aromatic heterocycles. The topological polar surface area (TPSA) is 29.4 Å². The Labute approximate surface area is 107 Å². The van der Waals surface area contributed by atoms with E-state index >= 15 is 0 Å². The normalized spacial score (nSPS) is 10.7. The number of ketones is 1. The highest BCUT2D eigenvalue weighted by molar-refractivity contribution is 6.28. The van der Waals surface area contributed by atoms with Crippen LogP contribution < -0.4 is 0 Å². The van der Waals surface area contributed by atoms with Crippen LogP contribution in [0.2, 0.25) is 0 Å². The van der Waals surface area contributed by atoms with Crippen molar-refractivity contribution in [1.29, 1.82) is 0 Å². The Morgan fingerprint density at radius 1 is 1.00 bits per heavy atom. The third-order valence-corrected chi connectivity index (χ3v) is 2.71. The Morgan fingerprint density at radius 2 is 1.61 bits per heavy atom. The molecule has 2 aromatic carbocycles. The SMILES string of the molecule is CN=CC(=O)Cc1ccc(-c2ccccc2)cc1. The van der Waals surface area contributed by atoms with Crippen LogP contribution in [0.5, 0.6) is 0 Å². The van der Waals surface area contributed by atoms with Crippen LogP contribution in [0.4, 0.5) is 0 Å². The fourth-order valence-corrected chi connectivity index (χ4v) is 1.84. The van der Waals surface area contributed by atoms with E-state index in [1.165, 1.54) is 11.8 Å². The molecule has 0 aliphatic heterocycles. The number of nitrogens with zero attached hydrogens (tertiary/aromatic N) is 1. The molecule has 0 aliphatic rings. The second-order valence-electron chi connectivity index (χ2n) is 4.09. The first-order valence-corrected chi connectivity index (χ1v) is 5.89. The maximum absolute atomic E-state index is 11.4. The van der Waals surface area contributed by atoms with Gasteiger partial charge in [-0.25, -0.2) is 0 Å². The summed E-state index contributed by atoms with van der Waals surface area (Å²) in [5, 5.41) is 0. The van der Waals surface area contributed by atoms with Gasteiger partial charge in [0.25, 0.3) is 0 Å². The van der Waals surface area contributed by atoms with E-state index in [1.807, 2.05) is 42.5 Å². The molecule has 0 N–H and O–H groups in total. The van der Waals surface area contributed by atoms with Crippen LogP contribution in [0, 0.1) is 0 Å². The minimum absolute atomic E-state index is 0.0324. The highest BCUT2D eigenvalue weighted by Crippen LogP contribution is 2.19. The fourth-order valence-electron chi connectivity index (χ4n) is 1.84. The summed E-state index contributed by atoms with van der Waals surface area (Å²) in [6.07, 6.45) is 1.78. The average molecular weight is 237 g/mol. The molecule has 0 spiro atoms. The van der Waals surface area contributed by atoms with Gasteiger partial charge in [-0.15, -0.1) is 0 Å². The summed E-state index contributed by atoms with van der Waals surface area (Å²) < 4.78 is 0. The number of aliphatic imine (C=N–C) groups is 1. The predicted octanol–water partition coefficient (Wildman–Crippen LogP) is 3.17. The number of hydrogen-bond acceptors (Lipinski definition) is 2. The van der Waals surface area contributed by atoms with Crippen molar-refractivity contribution in [2.45, 2.75) is 6.42 Å². The zero-order valence-electron chi connectivity index (χ0n) is 10.3. The number of rotatable bonds is 4. The predicted molar refractivity (Wildman–Crippen MR) is 75.0 cm³/mol. The van der Waals surface area contributed by atoms with E-state index in [0.29, 0.717) is 6.42 Å². The largest absolute Gasteiger partial charge is 0.293 e. The molecule has 0 saturated carbocycles. The van der Waals surface area contributed by atoms with E-state index < -0.39 is 0 Å². The van der Waals surface area contributed by atoms with Crippen molar-refractivity contribution < 1.29 is 4.79 Å². The van der Waals surface area contributed by atoms with Gasteiger partial charge in [-0.1, -0.05) is 54.6 Å². The van der Waals surface area contributed by atoms with E-state index in [9.17, 15) is 4.79 Å². The molecule has 0 radical (unpaired) electrons. The van der Waals surface area contributed by atoms with Crippen molar-refractivity contribution >= 4 is 12.0 Å². The van der Waals surface area contributed by atoms with Crippen LogP contribution in [-0.2, 0) is 11.2 Å². The van der Waals surface area contributed by atoms with Gasteiger partial charge in [0.05, 0.1) is 6.21 Å². The summed E-state index contributed by atoms with van der Waals surface area (Å²) in [4.78, 5) is 15.1. The average Bonchev–Trinajstić information content (AvgIpc) is 2.41. The van der Waals surface area contributed by atoms with E-state index in [0.717, 1.165) is 11.1 Å². The van der Waals surface area contributed by atoms with Gasteiger partial charge in [0, 0.05) is 13.5 Å². The molecule has 2 rings (SSSR count). The Balaban J connectivity index is 2.13. The second kappa shape index (κ2) is 5.92. The van der Waals surface area contributed by atoms with Gasteiger partial charge in [0.1, 0.15) is 0 Å². The summed E-state index contributed by atoms with van der Waals surface area (Å²) in [7, 11) is 1.61. The molecule has 0 saturated heterocycles. The molecule has 0 unspecified atom stereocenters. The summed E-state index contributed by atoms with van der Waals surface area (Å²) in [6, 6.07) is 18.2. The fraction of sp³-hybridized carbons (Fsp3) is 0.125. The number of benzene rings is 2. The summed E-state index contributed by atoms with van der Waals surface area (Å²) in [5.74, 6) is 0.0324. The molecule has 2 nitrogen and oxygen atoms in total. The first-order valence-electron chi connectivity index (χ1n) is 5.89. The highest BCUT2D eigenvalue weighted by Gasteiger charge is 2.01. The Kier molecular flexibility index (Phi) is 4.02. The molecule has 0 bridgehead atoms. The molecule has 0 amide bonds. The molecule has 0 aliphatic carbocycles. The monoisotopic (exact) mass is 237 g/mol. The molecule has 2 aromatic rings. The maximum Gasteiger partial charge on any atom is 0.177 e. The number of hydrogen-bond donors (Lipinski definition) is 0. The van der Waals surface area contributed by atoms with Gasteiger partial charge in [0.2, 0.25) is 0 Å². The summed E-state index contributed by atoms with van der Waals surface area (Å²) in [6.45, 7) is 0. The van der Waals surface area contributed by atoms with E-state index in [-0.39, 0.29) is 5.78 Å². The molecule has 0 atom stereocenters. The van der Waals surface area contributed by atoms with Crippen molar-refractivity contribution in [2.75, 3.05) is 7.05 Å². The first kappa shape index (κ1) is 12.2. The van der Waals surface area contributed by atoms with Crippen LogP contribution in [0.1, 0.15) is 5.56 Å². The third-order valence-electron chi connectivity index (χ3n) is 2.71. The van der Waals surface area contributed by atoms with Crippen molar-refractivity contribution in [3.63, 3.8) is 0 Å². The first-order chi connectivity index (χ1) is 8.79. The molecule has 0 fully saturated rings. The second-order valence-corrected chi connectivity index (χ2v) is 4.09. The van der Waals surface area contributed by atoms with Crippen LogP contribution in [0.15, 0.2) is 59.6 Å². The lowest BCUT2D eigenvalue weighted by Crippen LogP contribution is -2.03. The van der Waals surface area contributed by atoms with Crippen molar-refractivity contribution in [2.24, 2.45) is 4.99 Å². The summed E-state index contributed by atoms with van der Waals surface area (Å²) >= 11 is 0. The number of Topliss-reactive ketones (excluding diaryl/α,β-unsaturated/α-hetero) is 1. The van der Waals surface area contributed by atoms with Gasteiger partial charge in [0.15, 0.2) is 5.78 Å². The van der Waals surface area contributed by atoms with E-state index in [2.05, 4.69) is 17.1 Å². The zero-order valence-corrected chi connectivity index (χ0v) is 10.3. The molecule has 90 valence electrons. The van der Waals surface area contributed by atoms with Crippen LogP contribution in [-0.4, -0.2) is 19.0 Å². The Bertz CT molecular complexity index is 541. The third kappa shape index (κ3) is 3.14. The highest BCUT2D eigenvalue weighted by atomic mass is 16.1. The van der Waals surface area contributed by atoms with Crippen molar-refractivity contribution in [1.82, 2.24) is 0 Å². The summed E-state index contributed by atoms with van der Waals surface area (Å²) in [5.41, 5.74) is 3.36. The lowest BCUT2D eigenvalue weighted by atomic mass is 10.0. The van der Waals surface area contributed by atoms with E-state index in [1.54, 1.807) is 7.05 Å². The minimum Gasteiger partial charge on any atom is -0.293 e.